The number of rotatable bonds is 1. The van der Waals surface area contributed by atoms with Crippen molar-refractivity contribution < 1.29 is 0 Å². The van der Waals surface area contributed by atoms with Crippen LogP contribution in [0, 0.1) is 16.7 Å². The van der Waals surface area contributed by atoms with E-state index in [0.717, 1.165) is 16.3 Å². The molecular weight excluding hydrogens is 292 g/mol. The topological polar surface area (TPSA) is 85.7 Å². The van der Waals surface area contributed by atoms with Crippen molar-refractivity contribution in [1.82, 2.24) is 5.32 Å². The van der Waals surface area contributed by atoms with Gasteiger partial charge in [-0.05, 0) is 22.2 Å². The van der Waals surface area contributed by atoms with Crippen LogP contribution < -0.4 is 11.1 Å². The van der Waals surface area contributed by atoms with Crippen LogP contribution in [0.25, 0.3) is 10.8 Å². The van der Waals surface area contributed by atoms with Crippen LogP contribution in [0.2, 0.25) is 0 Å². The highest BCUT2D eigenvalue weighted by Gasteiger charge is 2.32. The molecule has 22 heavy (non-hydrogen) atoms. The van der Waals surface area contributed by atoms with Crippen LogP contribution in [0.3, 0.4) is 0 Å². The fraction of sp³-hybridized carbons (Fsp3) is 0.0588. The molecule has 0 amide bonds. The maximum absolute atomic E-state index is 9.49. The molecule has 0 fully saturated rings. The Morgan fingerprint density at radius 2 is 1.91 bits per heavy atom. The van der Waals surface area contributed by atoms with Crippen LogP contribution in [-0.2, 0) is 0 Å². The Morgan fingerprint density at radius 3 is 2.64 bits per heavy atom. The van der Waals surface area contributed by atoms with E-state index in [-0.39, 0.29) is 5.82 Å². The van der Waals surface area contributed by atoms with Crippen molar-refractivity contribution in [3.63, 3.8) is 0 Å². The first-order valence-electron chi connectivity index (χ1n) is 6.65. The number of benzene rings is 2. The van der Waals surface area contributed by atoms with Crippen molar-refractivity contribution in [3.05, 3.63) is 65.0 Å². The zero-order valence-electron chi connectivity index (χ0n) is 11.6. The Balaban J connectivity index is 2.35. The second-order valence-corrected chi connectivity index (χ2v) is 5.34. The predicted molar refractivity (Wildman–Crippen MR) is 90.5 cm³/mol. The predicted octanol–water partition coefficient (Wildman–Crippen LogP) is 2.72. The van der Waals surface area contributed by atoms with E-state index in [1.807, 2.05) is 42.5 Å². The first-order chi connectivity index (χ1) is 10.7. The van der Waals surface area contributed by atoms with Gasteiger partial charge in [0.1, 0.15) is 10.8 Å². The van der Waals surface area contributed by atoms with Crippen LogP contribution in [-0.4, -0.2) is 10.9 Å². The van der Waals surface area contributed by atoms with Crippen LogP contribution in [0.15, 0.2) is 59.4 Å². The Morgan fingerprint density at radius 1 is 1.18 bits per heavy atom. The molecule has 0 spiro atoms. The molecule has 0 aliphatic carbocycles. The highest BCUT2D eigenvalue weighted by atomic mass is 32.1. The summed E-state index contributed by atoms with van der Waals surface area (Å²) in [6.07, 6.45) is 0. The summed E-state index contributed by atoms with van der Waals surface area (Å²) in [7, 11) is 0. The lowest BCUT2D eigenvalue weighted by Crippen LogP contribution is -2.37. The van der Waals surface area contributed by atoms with E-state index in [1.54, 1.807) is 0 Å². The third kappa shape index (κ3) is 2.08. The highest BCUT2D eigenvalue weighted by Crippen LogP contribution is 2.37. The molecule has 0 radical (unpaired) electrons. The normalized spacial score (nSPS) is 17.9. The van der Waals surface area contributed by atoms with Crippen molar-refractivity contribution in [3.8, 4) is 6.07 Å². The average Bonchev–Trinajstić information content (AvgIpc) is 2.54. The molecule has 5 heteroatoms. The van der Waals surface area contributed by atoms with Gasteiger partial charge in [-0.2, -0.15) is 5.26 Å². The van der Waals surface area contributed by atoms with Gasteiger partial charge in [0.25, 0.3) is 0 Å². The molecule has 0 saturated heterocycles. The molecule has 106 valence electrons. The smallest absolute Gasteiger partial charge is 0.118 e. The molecular formula is C17H12N4S. The van der Waals surface area contributed by atoms with Crippen LogP contribution >= 0.6 is 12.2 Å². The van der Waals surface area contributed by atoms with Gasteiger partial charge in [-0.1, -0.05) is 54.7 Å². The Bertz CT molecular complexity index is 908. The number of hydrogen-bond acceptors (Lipinski definition) is 4. The zero-order chi connectivity index (χ0) is 15.7. The molecule has 1 unspecified atom stereocenters. The maximum Gasteiger partial charge on any atom is 0.118 e. The molecule has 0 aromatic heterocycles. The van der Waals surface area contributed by atoms with Gasteiger partial charge in [-0.25, -0.2) is 0 Å². The Labute approximate surface area is 133 Å². The SMILES string of the molecule is N#CC1=C(N)NC(=S)C(=C=N)C1c1cccc2ccccc12. The van der Waals surface area contributed by atoms with Gasteiger partial charge in [0, 0.05) is 0 Å². The van der Waals surface area contributed by atoms with Crippen molar-refractivity contribution in [2.45, 2.75) is 5.92 Å². The van der Waals surface area contributed by atoms with Crippen molar-refractivity contribution in [2.75, 3.05) is 0 Å². The van der Waals surface area contributed by atoms with Crippen molar-refractivity contribution in [2.24, 2.45) is 5.73 Å². The number of nitrogens with one attached hydrogen (secondary N) is 2. The molecule has 1 atom stereocenters. The van der Waals surface area contributed by atoms with Gasteiger partial charge >= 0.3 is 0 Å². The summed E-state index contributed by atoms with van der Waals surface area (Å²) in [5, 5.41) is 21.9. The quantitative estimate of drug-likeness (QED) is 0.429. The van der Waals surface area contributed by atoms with Crippen LogP contribution in [0.4, 0.5) is 0 Å². The van der Waals surface area contributed by atoms with E-state index in [1.165, 1.54) is 0 Å². The molecule has 4 nitrogen and oxygen atoms in total. The summed E-state index contributed by atoms with van der Waals surface area (Å²) in [4.78, 5) is 0.337. The summed E-state index contributed by atoms with van der Waals surface area (Å²) < 4.78 is 0. The number of allylic oxidation sites excluding steroid dienone is 1. The number of nitriles is 1. The standard InChI is InChI=1S/C17H12N4S/c18-8-13-15(14(9-19)17(22)21-16(13)20)12-7-3-5-10-4-1-2-6-11(10)12/h1-7,15,19H,20H2,(H,21,22). The van der Waals surface area contributed by atoms with Gasteiger partial charge in [-0.15, -0.1) is 0 Å². The van der Waals surface area contributed by atoms with Crippen LogP contribution in [0.1, 0.15) is 11.5 Å². The summed E-state index contributed by atoms with van der Waals surface area (Å²) in [6.45, 7) is 0. The third-order valence-electron chi connectivity index (χ3n) is 3.75. The molecule has 1 heterocycles. The fourth-order valence-corrected chi connectivity index (χ4v) is 3.03. The van der Waals surface area contributed by atoms with Crippen molar-refractivity contribution in [1.29, 1.82) is 10.7 Å². The minimum atomic E-state index is -0.470. The first kappa shape index (κ1) is 14.0. The van der Waals surface area contributed by atoms with E-state index >= 15 is 0 Å². The zero-order valence-corrected chi connectivity index (χ0v) is 12.4. The van der Waals surface area contributed by atoms with Crippen LogP contribution in [0.5, 0.6) is 0 Å². The second kappa shape index (κ2) is 5.45. The van der Waals surface area contributed by atoms with Gasteiger partial charge in [0.05, 0.1) is 23.1 Å². The lowest BCUT2D eigenvalue weighted by Gasteiger charge is -2.27. The molecule has 1 aliphatic heterocycles. The summed E-state index contributed by atoms with van der Waals surface area (Å²) in [6, 6.07) is 15.9. The highest BCUT2D eigenvalue weighted by molar-refractivity contribution is 7.80. The number of hydrogen-bond donors (Lipinski definition) is 3. The van der Waals surface area contributed by atoms with E-state index in [4.69, 9.17) is 23.4 Å². The van der Waals surface area contributed by atoms with Gasteiger partial charge in [-0.3, -0.25) is 5.41 Å². The summed E-state index contributed by atoms with van der Waals surface area (Å²) in [5.74, 6) is 2.14. The number of thiocarbonyl (C=S) groups is 1. The number of nitrogens with zero attached hydrogens (tertiary/aromatic N) is 1. The maximum atomic E-state index is 9.49. The number of nitrogens with two attached hydrogens (primary N) is 1. The van der Waals surface area contributed by atoms with Crippen molar-refractivity contribution >= 4 is 33.8 Å². The summed E-state index contributed by atoms with van der Waals surface area (Å²) >= 11 is 5.25. The molecule has 2 aromatic rings. The van der Waals surface area contributed by atoms with E-state index in [2.05, 4.69) is 17.3 Å². The molecule has 1 aliphatic rings. The molecule has 2 aromatic carbocycles. The van der Waals surface area contributed by atoms with E-state index < -0.39 is 5.92 Å². The van der Waals surface area contributed by atoms with E-state index in [0.29, 0.717) is 16.1 Å². The third-order valence-corrected chi connectivity index (χ3v) is 4.07. The largest absolute Gasteiger partial charge is 0.384 e. The van der Waals surface area contributed by atoms with Gasteiger partial charge < -0.3 is 11.1 Å². The lowest BCUT2D eigenvalue weighted by molar-refractivity contribution is 0.902. The molecule has 0 bridgehead atoms. The number of fused-ring (bicyclic) bond motifs is 1. The monoisotopic (exact) mass is 304 g/mol. The summed E-state index contributed by atoms with van der Waals surface area (Å²) in [5.41, 5.74) is 7.64. The fourth-order valence-electron chi connectivity index (χ4n) is 2.75. The van der Waals surface area contributed by atoms with Gasteiger partial charge in [0.15, 0.2) is 0 Å². The van der Waals surface area contributed by atoms with E-state index in [9.17, 15) is 5.26 Å². The minimum absolute atomic E-state index is 0.240. The minimum Gasteiger partial charge on any atom is -0.384 e. The molecule has 0 saturated carbocycles. The molecule has 3 rings (SSSR count). The average molecular weight is 304 g/mol. The first-order valence-corrected chi connectivity index (χ1v) is 7.06. The lowest BCUT2D eigenvalue weighted by atomic mass is 9.81. The Hall–Kier alpha value is -2.93. The van der Waals surface area contributed by atoms with Gasteiger partial charge in [0.2, 0.25) is 0 Å². The second-order valence-electron chi connectivity index (χ2n) is 4.93. The molecule has 4 N–H and O–H groups in total. The Kier molecular flexibility index (Phi) is 3.48.